The largest absolute Gasteiger partial charge is 0.497 e. The number of thiazole rings is 1. The second-order valence-corrected chi connectivity index (χ2v) is 12.6. The third-order valence-corrected chi connectivity index (χ3v) is 9.69. The molecule has 1 aromatic heterocycles. The molecule has 0 aliphatic rings. The summed E-state index contributed by atoms with van der Waals surface area (Å²) >= 11 is 1.29. The van der Waals surface area contributed by atoms with Crippen LogP contribution in [0.25, 0.3) is 10.2 Å². The summed E-state index contributed by atoms with van der Waals surface area (Å²) in [6, 6.07) is 28.2. The zero-order valence-corrected chi connectivity index (χ0v) is 26.2. The molecule has 0 spiro atoms. The summed E-state index contributed by atoms with van der Waals surface area (Å²) in [7, 11) is -2.21. The van der Waals surface area contributed by atoms with Gasteiger partial charge >= 0.3 is 0 Å². The maximum Gasteiger partial charge on any atom is 0.280 e. The van der Waals surface area contributed by atoms with Gasteiger partial charge in [0.1, 0.15) is 11.5 Å². The molecule has 5 aromatic rings. The monoisotopic (exact) mass is 628 g/mol. The van der Waals surface area contributed by atoms with Gasteiger partial charge < -0.3 is 9.47 Å². The summed E-state index contributed by atoms with van der Waals surface area (Å²) < 4.78 is 40.0. The van der Waals surface area contributed by atoms with Crippen molar-refractivity contribution in [3.8, 4) is 11.5 Å². The molecule has 0 saturated heterocycles. The van der Waals surface area contributed by atoms with Crippen LogP contribution >= 0.6 is 11.3 Å². The van der Waals surface area contributed by atoms with E-state index in [0.717, 1.165) is 21.6 Å². The summed E-state index contributed by atoms with van der Waals surface area (Å²) in [5, 5.41) is 6.11. The van der Waals surface area contributed by atoms with Crippen LogP contribution in [0, 0.1) is 0 Å². The first-order valence-corrected chi connectivity index (χ1v) is 16.3. The molecule has 1 amide bonds. The van der Waals surface area contributed by atoms with Crippen LogP contribution in [0.3, 0.4) is 0 Å². The summed E-state index contributed by atoms with van der Waals surface area (Å²) in [6.07, 6.45) is 1.57. The SMILES string of the molecule is CCOc1ccc(/C=N/N(C(=O)c2ccc(S(=O)(=O)N(CC)Cc3ccccc3)cc2)c2nc3ccc(OC)cc3s2)cc1. The fourth-order valence-electron chi connectivity index (χ4n) is 4.43. The summed E-state index contributed by atoms with van der Waals surface area (Å²) in [6.45, 7) is 4.82. The van der Waals surface area contributed by atoms with Crippen molar-refractivity contribution in [2.75, 3.05) is 25.3 Å². The number of amides is 1. The van der Waals surface area contributed by atoms with Crippen LogP contribution in [0.4, 0.5) is 5.13 Å². The van der Waals surface area contributed by atoms with Gasteiger partial charge in [0.25, 0.3) is 5.91 Å². The van der Waals surface area contributed by atoms with Gasteiger partial charge in [0.2, 0.25) is 15.2 Å². The lowest BCUT2D eigenvalue weighted by Crippen LogP contribution is -2.30. The molecule has 0 saturated carbocycles. The van der Waals surface area contributed by atoms with E-state index in [-0.39, 0.29) is 17.0 Å². The van der Waals surface area contributed by atoms with Crippen molar-refractivity contribution in [3.05, 3.63) is 114 Å². The standard InChI is InChI=1S/C33H32N4O5S2/c1-4-36(23-25-9-7-6-8-10-25)44(39,40)29-18-13-26(14-19-29)32(38)37(34-22-24-11-15-27(16-12-24)42-5-2)33-35-30-20-17-28(41-3)21-31(30)43-33/h6-22H,4-5,23H2,1-3H3/b34-22+. The quantitative estimate of drug-likeness (QED) is 0.114. The highest BCUT2D eigenvalue weighted by Gasteiger charge is 2.25. The number of rotatable bonds is 12. The molecule has 0 aliphatic heterocycles. The van der Waals surface area contributed by atoms with Crippen molar-refractivity contribution in [3.63, 3.8) is 0 Å². The Kier molecular flexibility index (Phi) is 9.69. The van der Waals surface area contributed by atoms with Crippen LogP contribution in [-0.4, -0.2) is 50.1 Å². The lowest BCUT2D eigenvalue weighted by Gasteiger charge is -2.21. The number of benzene rings is 4. The van der Waals surface area contributed by atoms with Gasteiger partial charge in [0, 0.05) is 18.7 Å². The van der Waals surface area contributed by atoms with Crippen molar-refractivity contribution < 1.29 is 22.7 Å². The lowest BCUT2D eigenvalue weighted by atomic mass is 10.2. The van der Waals surface area contributed by atoms with Crippen LogP contribution < -0.4 is 14.5 Å². The Hall–Kier alpha value is -4.58. The van der Waals surface area contributed by atoms with E-state index in [1.54, 1.807) is 26.3 Å². The number of hydrogen-bond donors (Lipinski definition) is 0. The Morgan fingerprint density at radius 2 is 1.64 bits per heavy atom. The molecule has 0 unspecified atom stereocenters. The fourth-order valence-corrected chi connectivity index (χ4v) is 6.82. The van der Waals surface area contributed by atoms with Crippen LogP contribution in [0.2, 0.25) is 0 Å². The molecule has 0 radical (unpaired) electrons. The van der Waals surface area contributed by atoms with E-state index in [1.807, 2.05) is 73.7 Å². The number of methoxy groups -OCH3 is 1. The second-order valence-electron chi connectivity index (χ2n) is 9.63. The van der Waals surface area contributed by atoms with E-state index in [1.165, 1.54) is 44.9 Å². The van der Waals surface area contributed by atoms with E-state index in [9.17, 15) is 13.2 Å². The first kappa shape index (κ1) is 30.9. The minimum atomic E-state index is -3.80. The van der Waals surface area contributed by atoms with E-state index in [4.69, 9.17) is 9.47 Å². The normalized spacial score (nSPS) is 11.7. The molecule has 0 bridgehead atoms. The second kappa shape index (κ2) is 13.8. The molecule has 44 heavy (non-hydrogen) atoms. The van der Waals surface area contributed by atoms with Crippen molar-refractivity contribution in [2.45, 2.75) is 25.3 Å². The smallest absolute Gasteiger partial charge is 0.280 e. The number of carbonyl (C=O) groups excluding carboxylic acids is 1. The molecule has 0 fully saturated rings. The molecule has 0 N–H and O–H groups in total. The third kappa shape index (κ3) is 6.96. The predicted molar refractivity (Wildman–Crippen MR) is 174 cm³/mol. The zero-order chi connectivity index (χ0) is 31.1. The first-order valence-electron chi connectivity index (χ1n) is 14.0. The summed E-state index contributed by atoms with van der Waals surface area (Å²) in [5.74, 6) is 0.950. The minimum absolute atomic E-state index is 0.100. The van der Waals surface area contributed by atoms with E-state index < -0.39 is 15.9 Å². The molecular weight excluding hydrogens is 597 g/mol. The van der Waals surface area contributed by atoms with Crippen LogP contribution in [0.5, 0.6) is 11.5 Å². The molecule has 9 nitrogen and oxygen atoms in total. The number of nitrogens with zero attached hydrogens (tertiary/aromatic N) is 4. The number of hydrazone groups is 1. The number of sulfonamides is 1. The summed E-state index contributed by atoms with van der Waals surface area (Å²) in [5.41, 5.74) is 2.60. The van der Waals surface area contributed by atoms with Gasteiger partial charge in [0.05, 0.1) is 35.0 Å². The lowest BCUT2D eigenvalue weighted by molar-refractivity contribution is 0.0987. The van der Waals surface area contributed by atoms with E-state index in [2.05, 4.69) is 10.1 Å². The first-order chi connectivity index (χ1) is 21.3. The Morgan fingerprint density at radius 3 is 2.30 bits per heavy atom. The molecular formula is C33H32N4O5S2. The van der Waals surface area contributed by atoms with Crippen LogP contribution in [0.15, 0.2) is 107 Å². The highest BCUT2D eigenvalue weighted by Crippen LogP contribution is 2.32. The Balaban J connectivity index is 1.45. The molecule has 4 aromatic carbocycles. The molecule has 0 atom stereocenters. The zero-order valence-electron chi connectivity index (χ0n) is 24.6. The number of fused-ring (bicyclic) bond motifs is 1. The van der Waals surface area contributed by atoms with Crippen molar-refractivity contribution in [1.29, 1.82) is 0 Å². The average Bonchev–Trinajstić information content (AvgIpc) is 3.48. The predicted octanol–water partition coefficient (Wildman–Crippen LogP) is 6.60. The van der Waals surface area contributed by atoms with Gasteiger partial charge in [-0.05, 0) is 84.8 Å². The van der Waals surface area contributed by atoms with Gasteiger partial charge in [-0.1, -0.05) is 48.6 Å². The number of carbonyl (C=O) groups is 1. The molecule has 5 rings (SSSR count). The number of ether oxygens (including phenoxy) is 2. The highest BCUT2D eigenvalue weighted by molar-refractivity contribution is 7.89. The van der Waals surface area contributed by atoms with Crippen LogP contribution in [0.1, 0.15) is 35.3 Å². The highest BCUT2D eigenvalue weighted by atomic mass is 32.2. The van der Waals surface area contributed by atoms with E-state index >= 15 is 0 Å². The molecule has 1 heterocycles. The van der Waals surface area contributed by atoms with Gasteiger partial charge in [-0.3, -0.25) is 4.79 Å². The molecule has 11 heteroatoms. The van der Waals surface area contributed by atoms with Crippen molar-refractivity contribution in [1.82, 2.24) is 9.29 Å². The minimum Gasteiger partial charge on any atom is -0.497 e. The molecule has 226 valence electrons. The topological polar surface area (TPSA) is 101 Å². The van der Waals surface area contributed by atoms with Gasteiger partial charge in [-0.15, -0.1) is 0 Å². The Labute approximate surface area is 261 Å². The van der Waals surface area contributed by atoms with Crippen molar-refractivity contribution in [2.24, 2.45) is 5.10 Å². The van der Waals surface area contributed by atoms with Crippen LogP contribution in [-0.2, 0) is 16.6 Å². The van der Waals surface area contributed by atoms with Crippen molar-refractivity contribution >= 4 is 48.8 Å². The summed E-state index contributed by atoms with van der Waals surface area (Å²) in [4.78, 5) is 18.6. The third-order valence-electron chi connectivity index (χ3n) is 6.76. The average molecular weight is 629 g/mol. The maximum atomic E-state index is 13.9. The molecule has 0 aliphatic carbocycles. The van der Waals surface area contributed by atoms with Gasteiger partial charge in [0.15, 0.2) is 0 Å². The Morgan fingerprint density at radius 1 is 0.932 bits per heavy atom. The van der Waals surface area contributed by atoms with Gasteiger partial charge in [-0.25, -0.2) is 13.4 Å². The Bertz CT molecular complexity index is 1860. The van der Waals surface area contributed by atoms with E-state index in [0.29, 0.717) is 29.5 Å². The number of hydrogen-bond acceptors (Lipinski definition) is 8. The fraction of sp³-hybridized carbons (Fsp3) is 0.182. The number of anilines is 1. The number of aromatic nitrogens is 1. The van der Waals surface area contributed by atoms with Gasteiger partial charge in [-0.2, -0.15) is 14.4 Å². The maximum absolute atomic E-state index is 13.9.